The first kappa shape index (κ1) is 13.5. The summed E-state index contributed by atoms with van der Waals surface area (Å²) in [7, 11) is 0. The molecule has 100 valence electrons. The molecule has 0 fully saturated rings. The van der Waals surface area contributed by atoms with E-state index in [0.29, 0.717) is 5.82 Å². The van der Waals surface area contributed by atoms with Gasteiger partial charge in [0.25, 0.3) is 0 Å². The number of nitrogen functional groups attached to an aromatic ring is 1. The molecule has 2 heterocycles. The molecule has 0 aliphatic rings. The lowest BCUT2D eigenvalue weighted by atomic mass is 10.0. The number of nitrogens with zero attached hydrogens (tertiary/aromatic N) is 2. The quantitative estimate of drug-likeness (QED) is 0.862. The Bertz CT molecular complexity index is 539. The summed E-state index contributed by atoms with van der Waals surface area (Å²) in [6.07, 6.45) is 2.77. The fraction of sp³-hybridized carbons (Fsp3) is 0.333. The summed E-state index contributed by atoms with van der Waals surface area (Å²) >= 11 is 0. The molecule has 0 aliphatic carbocycles. The molecule has 2 rings (SSSR count). The third-order valence-corrected chi connectivity index (χ3v) is 2.99. The SMILES string of the molecule is CCCNC(c1cccc(C)n1)c1cccnc1N. The number of pyridine rings is 2. The Morgan fingerprint density at radius 1 is 1.26 bits per heavy atom. The molecule has 0 saturated carbocycles. The highest BCUT2D eigenvalue weighted by molar-refractivity contribution is 5.44. The third-order valence-electron chi connectivity index (χ3n) is 2.99. The Labute approximate surface area is 114 Å². The number of nitrogens with two attached hydrogens (primary N) is 1. The molecule has 1 unspecified atom stereocenters. The van der Waals surface area contributed by atoms with E-state index in [4.69, 9.17) is 5.73 Å². The minimum absolute atomic E-state index is 0.00597. The zero-order valence-electron chi connectivity index (χ0n) is 11.4. The van der Waals surface area contributed by atoms with E-state index in [9.17, 15) is 0 Å². The van der Waals surface area contributed by atoms with Gasteiger partial charge in [0.15, 0.2) is 0 Å². The summed E-state index contributed by atoms with van der Waals surface area (Å²) in [5, 5.41) is 3.49. The van der Waals surface area contributed by atoms with Gasteiger partial charge in [0.05, 0.1) is 11.7 Å². The van der Waals surface area contributed by atoms with E-state index in [1.165, 1.54) is 0 Å². The van der Waals surface area contributed by atoms with E-state index in [0.717, 1.165) is 29.9 Å². The van der Waals surface area contributed by atoms with Crippen molar-refractivity contribution in [3.05, 3.63) is 53.5 Å². The molecular weight excluding hydrogens is 236 g/mol. The predicted molar refractivity (Wildman–Crippen MR) is 77.8 cm³/mol. The van der Waals surface area contributed by atoms with Crippen molar-refractivity contribution >= 4 is 5.82 Å². The molecule has 4 heteroatoms. The molecular formula is C15H20N4. The van der Waals surface area contributed by atoms with E-state index < -0.39 is 0 Å². The number of anilines is 1. The summed E-state index contributed by atoms with van der Waals surface area (Å²) < 4.78 is 0. The minimum Gasteiger partial charge on any atom is -0.383 e. The van der Waals surface area contributed by atoms with Gasteiger partial charge in [0, 0.05) is 17.5 Å². The Morgan fingerprint density at radius 2 is 2.11 bits per heavy atom. The smallest absolute Gasteiger partial charge is 0.128 e. The molecule has 1 atom stereocenters. The fourth-order valence-corrected chi connectivity index (χ4v) is 2.06. The van der Waals surface area contributed by atoms with E-state index in [-0.39, 0.29) is 6.04 Å². The first-order valence-corrected chi connectivity index (χ1v) is 6.59. The van der Waals surface area contributed by atoms with Crippen molar-refractivity contribution < 1.29 is 0 Å². The van der Waals surface area contributed by atoms with Gasteiger partial charge in [-0.15, -0.1) is 0 Å². The van der Waals surface area contributed by atoms with Gasteiger partial charge in [0.1, 0.15) is 5.82 Å². The van der Waals surface area contributed by atoms with Crippen molar-refractivity contribution in [2.24, 2.45) is 0 Å². The highest BCUT2D eigenvalue weighted by Crippen LogP contribution is 2.24. The molecule has 19 heavy (non-hydrogen) atoms. The summed E-state index contributed by atoms with van der Waals surface area (Å²) in [6.45, 7) is 5.04. The Balaban J connectivity index is 2.38. The van der Waals surface area contributed by atoms with Crippen molar-refractivity contribution in [2.45, 2.75) is 26.3 Å². The van der Waals surface area contributed by atoms with Crippen LogP contribution in [0.4, 0.5) is 5.82 Å². The minimum atomic E-state index is -0.00597. The Kier molecular flexibility index (Phi) is 4.47. The molecule has 2 aromatic rings. The van der Waals surface area contributed by atoms with Crippen LogP contribution in [0.5, 0.6) is 0 Å². The molecule has 0 aliphatic heterocycles. The van der Waals surface area contributed by atoms with E-state index in [2.05, 4.69) is 22.2 Å². The van der Waals surface area contributed by atoms with E-state index in [1.54, 1.807) is 6.20 Å². The molecule has 4 nitrogen and oxygen atoms in total. The van der Waals surface area contributed by atoms with Crippen LogP contribution in [0.2, 0.25) is 0 Å². The number of rotatable bonds is 5. The lowest BCUT2D eigenvalue weighted by Crippen LogP contribution is -2.25. The molecule has 2 aromatic heterocycles. The monoisotopic (exact) mass is 256 g/mol. The van der Waals surface area contributed by atoms with Gasteiger partial charge in [-0.2, -0.15) is 0 Å². The molecule has 0 radical (unpaired) electrons. The van der Waals surface area contributed by atoms with Crippen LogP contribution < -0.4 is 11.1 Å². The van der Waals surface area contributed by atoms with Crippen LogP contribution in [0.1, 0.15) is 36.3 Å². The van der Waals surface area contributed by atoms with E-state index in [1.807, 2.05) is 37.3 Å². The highest BCUT2D eigenvalue weighted by atomic mass is 15.0. The second-order valence-electron chi connectivity index (χ2n) is 4.57. The highest BCUT2D eigenvalue weighted by Gasteiger charge is 2.17. The van der Waals surface area contributed by atoms with Crippen molar-refractivity contribution in [3.8, 4) is 0 Å². The molecule has 0 saturated heterocycles. The second kappa shape index (κ2) is 6.29. The van der Waals surface area contributed by atoms with Crippen LogP contribution >= 0.6 is 0 Å². The predicted octanol–water partition coefficient (Wildman–Crippen LogP) is 2.46. The topological polar surface area (TPSA) is 63.8 Å². The lowest BCUT2D eigenvalue weighted by Gasteiger charge is -2.20. The van der Waals surface area contributed by atoms with Crippen molar-refractivity contribution in [2.75, 3.05) is 12.3 Å². The third kappa shape index (κ3) is 3.29. The first-order valence-electron chi connectivity index (χ1n) is 6.59. The van der Waals surface area contributed by atoms with Gasteiger partial charge in [-0.25, -0.2) is 4.98 Å². The van der Waals surface area contributed by atoms with Crippen LogP contribution in [-0.4, -0.2) is 16.5 Å². The van der Waals surface area contributed by atoms with Crippen molar-refractivity contribution in [3.63, 3.8) is 0 Å². The Hall–Kier alpha value is -1.94. The molecule has 0 spiro atoms. The summed E-state index contributed by atoms with van der Waals surface area (Å²) in [5.41, 5.74) is 8.95. The normalized spacial score (nSPS) is 12.3. The molecule has 0 aromatic carbocycles. The zero-order valence-corrected chi connectivity index (χ0v) is 11.4. The Morgan fingerprint density at radius 3 is 2.79 bits per heavy atom. The maximum atomic E-state index is 5.99. The number of nitrogens with one attached hydrogen (secondary N) is 1. The van der Waals surface area contributed by atoms with Crippen LogP contribution in [0, 0.1) is 6.92 Å². The number of aryl methyl sites for hydroxylation is 1. The standard InChI is InChI=1S/C15H20N4/c1-3-9-17-14(12-7-5-10-18-15(12)16)13-8-4-6-11(2)19-13/h4-8,10,14,17H,3,9H2,1-2H3,(H2,16,18). The maximum absolute atomic E-state index is 5.99. The summed E-state index contributed by atoms with van der Waals surface area (Å²) in [4.78, 5) is 8.76. The van der Waals surface area contributed by atoms with Crippen LogP contribution in [0.15, 0.2) is 36.5 Å². The number of hydrogen-bond acceptors (Lipinski definition) is 4. The molecule has 3 N–H and O–H groups in total. The van der Waals surface area contributed by atoms with Crippen LogP contribution in [-0.2, 0) is 0 Å². The van der Waals surface area contributed by atoms with Gasteiger partial charge < -0.3 is 11.1 Å². The van der Waals surface area contributed by atoms with E-state index >= 15 is 0 Å². The number of hydrogen-bond donors (Lipinski definition) is 2. The summed E-state index contributed by atoms with van der Waals surface area (Å²) in [5.74, 6) is 0.555. The summed E-state index contributed by atoms with van der Waals surface area (Å²) in [6, 6.07) is 9.93. The van der Waals surface area contributed by atoms with Crippen molar-refractivity contribution in [1.29, 1.82) is 0 Å². The van der Waals surface area contributed by atoms with Gasteiger partial charge in [-0.05, 0) is 38.1 Å². The maximum Gasteiger partial charge on any atom is 0.128 e. The van der Waals surface area contributed by atoms with Gasteiger partial charge >= 0.3 is 0 Å². The molecule has 0 bridgehead atoms. The van der Waals surface area contributed by atoms with Crippen molar-refractivity contribution in [1.82, 2.24) is 15.3 Å². The van der Waals surface area contributed by atoms with Crippen LogP contribution in [0.3, 0.4) is 0 Å². The molecule has 0 amide bonds. The average molecular weight is 256 g/mol. The lowest BCUT2D eigenvalue weighted by molar-refractivity contribution is 0.585. The van der Waals surface area contributed by atoms with Gasteiger partial charge in [-0.1, -0.05) is 19.1 Å². The fourth-order valence-electron chi connectivity index (χ4n) is 2.06. The van der Waals surface area contributed by atoms with Crippen LogP contribution in [0.25, 0.3) is 0 Å². The second-order valence-corrected chi connectivity index (χ2v) is 4.57. The average Bonchev–Trinajstić information content (AvgIpc) is 2.41. The first-order chi connectivity index (χ1) is 9.22. The number of aromatic nitrogens is 2. The van der Waals surface area contributed by atoms with Gasteiger partial charge in [-0.3, -0.25) is 4.98 Å². The zero-order chi connectivity index (χ0) is 13.7. The van der Waals surface area contributed by atoms with Gasteiger partial charge in [0.2, 0.25) is 0 Å². The largest absolute Gasteiger partial charge is 0.383 e.